The Labute approximate surface area is 193 Å². The van der Waals surface area contributed by atoms with Gasteiger partial charge in [-0.05, 0) is 67.6 Å². The maximum absolute atomic E-state index is 13.4. The lowest BCUT2D eigenvalue weighted by Gasteiger charge is -2.29. The van der Waals surface area contributed by atoms with E-state index in [1.807, 2.05) is 38.1 Å². The van der Waals surface area contributed by atoms with Gasteiger partial charge in [0.1, 0.15) is 5.82 Å². The maximum atomic E-state index is 13.4. The molecule has 0 radical (unpaired) electrons. The molecule has 1 N–H and O–H groups in total. The summed E-state index contributed by atoms with van der Waals surface area (Å²) >= 11 is 0. The number of nitrogens with zero attached hydrogens (tertiary/aromatic N) is 2. The van der Waals surface area contributed by atoms with Crippen LogP contribution in [0.3, 0.4) is 0 Å². The first kappa shape index (κ1) is 22.6. The predicted molar refractivity (Wildman–Crippen MR) is 126 cm³/mol. The van der Waals surface area contributed by atoms with E-state index in [1.54, 1.807) is 41.6 Å². The number of carbonyl (C=O) groups is 2. The third-order valence-electron chi connectivity index (χ3n) is 6.10. The molecule has 3 aromatic rings. The van der Waals surface area contributed by atoms with Crippen molar-refractivity contribution in [3.8, 4) is 11.1 Å². The van der Waals surface area contributed by atoms with Gasteiger partial charge in [-0.3, -0.25) is 14.6 Å². The van der Waals surface area contributed by atoms with Crippen LogP contribution in [0.5, 0.6) is 0 Å². The Hall–Kier alpha value is -3.54. The molecule has 1 aliphatic heterocycles. The Kier molecular flexibility index (Phi) is 6.54. The van der Waals surface area contributed by atoms with E-state index in [2.05, 4.69) is 10.3 Å². The fourth-order valence-corrected chi connectivity index (χ4v) is 4.44. The van der Waals surface area contributed by atoms with Gasteiger partial charge in [0.25, 0.3) is 5.91 Å². The van der Waals surface area contributed by atoms with Crippen molar-refractivity contribution in [2.75, 3.05) is 13.1 Å². The van der Waals surface area contributed by atoms with E-state index in [4.69, 9.17) is 0 Å². The van der Waals surface area contributed by atoms with Crippen LogP contribution in [0.2, 0.25) is 0 Å². The Morgan fingerprint density at radius 2 is 1.88 bits per heavy atom. The van der Waals surface area contributed by atoms with Gasteiger partial charge in [0.2, 0.25) is 5.91 Å². The van der Waals surface area contributed by atoms with Gasteiger partial charge in [-0.1, -0.05) is 36.4 Å². The molecule has 5 nitrogen and oxygen atoms in total. The first-order chi connectivity index (χ1) is 15.9. The molecule has 170 valence electrons. The number of hydrogen-bond acceptors (Lipinski definition) is 3. The second-order valence-electron chi connectivity index (χ2n) is 9.01. The minimum Gasteiger partial charge on any atom is -0.353 e. The second kappa shape index (κ2) is 9.53. The van der Waals surface area contributed by atoms with E-state index >= 15 is 0 Å². The van der Waals surface area contributed by atoms with Crippen LogP contribution in [0.1, 0.15) is 36.2 Å². The fraction of sp³-hybridized carbons (Fsp3) is 0.296. The summed E-state index contributed by atoms with van der Waals surface area (Å²) in [6.45, 7) is 4.74. The van der Waals surface area contributed by atoms with Gasteiger partial charge < -0.3 is 10.2 Å². The average Bonchev–Trinajstić information content (AvgIpc) is 3.25. The smallest absolute Gasteiger partial charge is 0.255 e. The standard InChI is InChI=1S/C27H28FN3O2/c1-19(2)30-26(33)27(12-14-31(18-27)25(32)23-7-4-13-29-17-23)16-20-5-3-6-22(15-20)21-8-10-24(28)11-9-21/h3-11,13,15,17,19H,12,14,16,18H2,1-2H3,(H,30,33). The normalized spacial score (nSPS) is 17.9. The molecule has 1 fully saturated rings. The molecule has 0 aliphatic carbocycles. The quantitative estimate of drug-likeness (QED) is 0.608. The highest BCUT2D eigenvalue weighted by Gasteiger charge is 2.46. The lowest BCUT2D eigenvalue weighted by atomic mass is 9.79. The van der Waals surface area contributed by atoms with E-state index < -0.39 is 5.41 Å². The second-order valence-corrected chi connectivity index (χ2v) is 9.01. The molecule has 2 heterocycles. The van der Waals surface area contributed by atoms with Gasteiger partial charge in [-0.2, -0.15) is 0 Å². The number of carbonyl (C=O) groups excluding carboxylic acids is 2. The van der Waals surface area contributed by atoms with Crippen LogP contribution in [-0.2, 0) is 11.2 Å². The van der Waals surface area contributed by atoms with Crippen LogP contribution < -0.4 is 5.32 Å². The number of halogens is 1. The topological polar surface area (TPSA) is 62.3 Å². The maximum Gasteiger partial charge on any atom is 0.255 e. The monoisotopic (exact) mass is 445 g/mol. The largest absolute Gasteiger partial charge is 0.353 e. The number of amides is 2. The summed E-state index contributed by atoms with van der Waals surface area (Å²) in [5.41, 5.74) is 2.69. The van der Waals surface area contributed by atoms with Crippen molar-refractivity contribution in [2.24, 2.45) is 5.41 Å². The zero-order valence-electron chi connectivity index (χ0n) is 18.9. The SMILES string of the molecule is CC(C)NC(=O)C1(Cc2cccc(-c3ccc(F)cc3)c2)CCN(C(=O)c2cccnc2)C1. The molecule has 0 saturated carbocycles. The van der Waals surface area contributed by atoms with Crippen LogP contribution in [0.25, 0.3) is 11.1 Å². The van der Waals surface area contributed by atoms with Crippen molar-refractivity contribution in [1.29, 1.82) is 0 Å². The van der Waals surface area contributed by atoms with E-state index in [0.29, 0.717) is 31.5 Å². The molecule has 1 aromatic heterocycles. The molecule has 0 bridgehead atoms. The van der Waals surface area contributed by atoms with Gasteiger partial charge in [0.15, 0.2) is 0 Å². The highest BCUT2D eigenvalue weighted by molar-refractivity contribution is 5.95. The van der Waals surface area contributed by atoms with Crippen molar-refractivity contribution in [2.45, 2.75) is 32.7 Å². The van der Waals surface area contributed by atoms with Crippen LogP contribution >= 0.6 is 0 Å². The van der Waals surface area contributed by atoms with Crippen LogP contribution in [0.4, 0.5) is 4.39 Å². The van der Waals surface area contributed by atoms with Gasteiger partial charge in [0, 0.05) is 31.5 Å². The number of nitrogens with one attached hydrogen (secondary N) is 1. The third kappa shape index (κ3) is 5.11. The number of hydrogen-bond donors (Lipinski definition) is 1. The van der Waals surface area contributed by atoms with Crippen molar-refractivity contribution < 1.29 is 14.0 Å². The number of rotatable bonds is 6. The molecule has 2 aromatic carbocycles. The predicted octanol–water partition coefficient (Wildman–Crippen LogP) is 4.49. The number of aromatic nitrogens is 1. The lowest BCUT2D eigenvalue weighted by Crippen LogP contribution is -2.47. The first-order valence-corrected chi connectivity index (χ1v) is 11.2. The van der Waals surface area contributed by atoms with Gasteiger partial charge in [-0.25, -0.2) is 4.39 Å². The Balaban J connectivity index is 1.61. The van der Waals surface area contributed by atoms with E-state index in [0.717, 1.165) is 16.7 Å². The fourth-order valence-electron chi connectivity index (χ4n) is 4.44. The number of benzene rings is 2. The summed E-state index contributed by atoms with van der Waals surface area (Å²) in [6.07, 6.45) is 4.29. The number of likely N-dealkylation sites (tertiary alicyclic amines) is 1. The summed E-state index contributed by atoms with van der Waals surface area (Å²) in [5, 5.41) is 3.07. The van der Waals surface area contributed by atoms with Crippen LogP contribution in [0.15, 0.2) is 73.1 Å². The molecule has 6 heteroatoms. The van der Waals surface area contributed by atoms with Gasteiger partial charge in [0.05, 0.1) is 11.0 Å². The molecular weight excluding hydrogens is 417 g/mol. The van der Waals surface area contributed by atoms with Crippen molar-refractivity contribution >= 4 is 11.8 Å². The summed E-state index contributed by atoms with van der Waals surface area (Å²) in [7, 11) is 0. The molecule has 0 spiro atoms. The summed E-state index contributed by atoms with van der Waals surface area (Å²) in [5.74, 6) is -0.419. The van der Waals surface area contributed by atoms with Gasteiger partial charge >= 0.3 is 0 Å². The van der Waals surface area contributed by atoms with Crippen molar-refractivity contribution in [3.05, 3.63) is 90.0 Å². The van der Waals surface area contributed by atoms with Crippen LogP contribution in [0, 0.1) is 11.2 Å². The zero-order chi connectivity index (χ0) is 23.4. The minimum absolute atomic E-state index is 0.00278. The highest BCUT2D eigenvalue weighted by Crippen LogP contribution is 2.36. The van der Waals surface area contributed by atoms with E-state index in [9.17, 15) is 14.0 Å². The van der Waals surface area contributed by atoms with Gasteiger partial charge in [-0.15, -0.1) is 0 Å². The van der Waals surface area contributed by atoms with Crippen molar-refractivity contribution in [3.63, 3.8) is 0 Å². The highest BCUT2D eigenvalue weighted by atomic mass is 19.1. The lowest BCUT2D eigenvalue weighted by molar-refractivity contribution is -0.130. The molecule has 1 saturated heterocycles. The first-order valence-electron chi connectivity index (χ1n) is 11.2. The average molecular weight is 446 g/mol. The summed E-state index contributed by atoms with van der Waals surface area (Å²) in [6, 6.07) is 17.9. The Morgan fingerprint density at radius 3 is 2.58 bits per heavy atom. The minimum atomic E-state index is -0.719. The molecular formula is C27H28FN3O2. The molecule has 4 rings (SSSR count). The summed E-state index contributed by atoms with van der Waals surface area (Å²) in [4.78, 5) is 32.2. The third-order valence-corrected chi connectivity index (χ3v) is 6.10. The zero-order valence-corrected chi connectivity index (χ0v) is 18.9. The molecule has 1 unspecified atom stereocenters. The van der Waals surface area contributed by atoms with E-state index in [-0.39, 0.29) is 23.7 Å². The summed E-state index contributed by atoms with van der Waals surface area (Å²) < 4.78 is 13.3. The molecule has 33 heavy (non-hydrogen) atoms. The number of pyridine rings is 1. The Morgan fingerprint density at radius 1 is 1.09 bits per heavy atom. The molecule has 1 atom stereocenters. The molecule has 2 amide bonds. The van der Waals surface area contributed by atoms with Crippen LogP contribution in [-0.4, -0.2) is 40.8 Å². The molecule has 1 aliphatic rings. The Bertz CT molecular complexity index is 1130. The van der Waals surface area contributed by atoms with Crippen molar-refractivity contribution in [1.82, 2.24) is 15.2 Å². The van der Waals surface area contributed by atoms with E-state index in [1.165, 1.54) is 12.1 Å².